The topological polar surface area (TPSA) is 17.1 Å². The van der Waals surface area contributed by atoms with Crippen molar-refractivity contribution in [1.82, 2.24) is 0 Å². The summed E-state index contributed by atoms with van der Waals surface area (Å²) in [6, 6.07) is 35.8. The molecule has 0 unspecified atom stereocenters. The fraction of sp³-hybridized carbons (Fsp3) is 0. The summed E-state index contributed by atoms with van der Waals surface area (Å²) in [7, 11) is 0. The Bertz CT molecular complexity index is 1060. The minimum Gasteiger partial charge on any atom is -0.289 e. The zero-order valence-electron chi connectivity index (χ0n) is 16.6. The molecule has 0 spiro atoms. The Kier molecular flexibility index (Phi) is 6.12. The van der Waals surface area contributed by atoms with Crippen LogP contribution in [0.15, 0.2) is 109 Å². The number of hydrogen-bond donors (Lipinski definition) is 0. The van der Waals surface area contributed by atoms with E-state index in [9.17, 15) is 4.79 Å². The van der Waals surface area contributed by atoms with Crippen LogP contribution in [0, 0.1) is 0 Å². The van der Waals surface area contributed by atoms with Crippen LogP contribution in [0.5, 0.6) is 0 Å². The van der Waals surface area contributed by atoms with Crippen LogP contribution in [-0.4, -0.2) is 5.78 Å². The van der Waals surface area contributed by atoms with E-state index in [1.807, 2.05) is 84.9 Å². The third-order valence-electron chi connectivity index (χ3n) is 4.88. The monoisotopic (exact) mass is 386 g/mol. The van der Waals surface area contributed by atoms with E-state index in [0.717, 1.165) is 22.3 Å². The molecule has 4 rings (SSSR count). The van der Waals surface area contributed by atoms with E-state index in [-0.39, 0.29) is 5.78 Å². The van der Waals surface area contributed by atoms with Crippen LogP contribution in [0.3, 0.4) is 0 Å². The predicted octanol–water partition coefficient (Wildman–Crippen LogP) is 7.26. The SMILES string of the molecule is O=C(c1ccc(C=Cc2ccccc2)cc1)c1ccc(C=Cc2ccccc2)cc1. The number of carbonyl (C=O) groups excluding carboxylic acids is 1. The van der Waals surface area contributed by atoms with Gasteiger partial charge in [0.2, 0.25) is 0 Å². The van der Waals surface area contributed by atoms with E-state index in [2.05, 4.69) is 48.6 Å². The lowest BCUT2D eigenvalue weighted by Gasteiger charge is -2.03. The summed E-state index contributed by atoms with van der Waals surface area (Å²) in [5, 5.41) is 0. The Balaban J connectivity index is 1.42. The molecule has 0 radical (unpaired) electrons. The maximum Gasteiger partial charge on any atom is 0.193 e. The van der Waals surface area contributed by atoms with Gasteiger partial charge in [-0.1, -0.05) is 133 Å². The summed E-state index contributed by atoms with van der Waals surface area (Å²) in [6.07, 6.45) is 8.24. The van der Waals surface area contributed by atoms with Crippen molar-refractivity contribution < 1.29 is 4.79 Å². The Labute approximate surface area is 177 Å². The van der Waals surface area contributed by atoms with Gasteiger partial charge in [-0.25, -0.2) is 0 Å². The molecular formula is C29H22O. The highest BCUT2D eigenvalue weighted by Crippen LogP contribution is 2.15. The van der Waals surface area contributed by atoms with Gasteiger partial charge in [0, 0.05) is 11.1 Å². The first-order valence-corrected chi connectivity index (χ1v) is 9.99. The second kappa shape index (κ2) is 9.49. The lowest BCUT2D eigenvalue weighted by molar-refractivity contribution is 0.103. The van der Waals surface area contributed by atoms with Gasteiger partial charge in [0.15, 0.2) is 5.78 Å². The summed E-state index contributed by atoms with van der Waals surface area (Å²) in [4.78, 5) is 12.8. The van der Waals surface area contributed by atoms with Crippen molar-refractivity contribution in [3.63, 3.8) is 0 Å². The molecule has 4 aromatic rings. The predicted molar refractivity (Wildman–Crippen MR) is 127 cm³/mol. The van der Waals surface area contributed by atoms with Gasteiger partial charge in [-0.2, -0.15) is 0 Å². The molecule has 0 heterocycles. The number of hydrogen-bond acceptors (Lipinski definition) is 1. The highest BCUT2D eigenvalue weighted by molar-refractivity contribution is 6.09. The van der Waals surface area contributed by atoms with E-state index in [0.29, 0.717) is 11.1 Å². The van der Waals surface area contributed by atoms with Gasteiger partial charge in [-0.05, 0) is 22.3 Å². The Morgan fingerprint density at radius 1 is 0.400 bits per heavy atom. The molecule has 0 aliphatic rings. The lowest BCUT2D eigenvalue weighted by atomic mass is 10.0. The van der Waals surface area contributed by atoms with Crippen molar-refractivity contribution >= 4 is 30.1 Å². The minimum absolute atomic E-state index is 0.0344. The van der Waals surface area contributed by atoms with Gasteiger partial charge in [0.1, 0.15) is 0 Å². The quantitative estimate of drug-likeness (QED) is 0.252. The molecular weight excluding hydrogens is 364 g/mol. The summed E-state index contributed by atoms with van der Waals surface area (Å²) in [5.74, 6) is 0.0344. The second-order valence-corrected chi connectivity index (χ2v) is 7.06. The van der Waals surface area contributed by atoms with Crippen LogP contribution in [0.25, 0.3) is 24.3 Å². The maximum absolute atomic E-state index is 12.8. The fourth-order valence-electron chi connectivity index (χ4n) is 3.17. The van der Waals surface area contributed by atoms with Crippen molar-refractivity contribution in [2.45, 2.75) is 0 Å². The van der Waals surface area contributed by atoms with E-state index in [1.54, 1.807) is 0 Å². The average molecular weight is 386 g/mol. The second-order valence-electron chi connectivity index (χ2n) is 7.06. The first-order valence-electron chi connectivity index (χ1n) is 9.99. The third kappa shape index (κ3) is 5.09. The number of rotatable bonds is 6. The molecule has 0 aliphatic heterocycles. The summed E-state index contributed by atoms with van der Waals surface area (Å²) in [6.45, 7) is 0. The zero-order chi connectivity index (χ0) is 20.6. The fourth-order valence-corrected chi connectivity index (χ4v) is 3.17. The normalized spacial score (nSPS) is 11.2. The Morgan fingerprint density at radius 3 is 1.03 bits per heavy atom. The molecule has 30 heavy (non-hydrogen) atoms. The summed E-state index contributed by atoms with van der Waals surface area (Å²) in [5.41, 5.74) is 5.82. The number of benzene rings is 4. The summed E-state index contributed by atoms with van der Waals surface area (Å²) >= 11 is 0. The van der Waals surface area contributed by atoms with Gasteiger partial charge >= 0.3 is 0 Å². The van der Waals surface area contributed by atoms with Crippen LogP contribution in [0.4, 0.5) is 0 Å². The van der Waals surface area contributed by atoms with E-state index in [1.165, 1.54) is 0 Å². The van der Waals surface area contributed by atoms with Crippen LogP contribution in [0.1, 0.15) is 38.2 Å². The van der Waals surface area contributed by atoms with Gasteiger partial charge < -0.3 is 0 Å². The van der Waals surface area contributed by atoms with Crippen LogP contribution in [0.2, 0.25) is 0 Å². The molecule has 0 fully saturated rings. The van der Waals surface area contributed by atoms with Gasteiger partial charge in [-0.3, -0.25) is 4.79 Å². The molecule has 0 aliphatic carbocycles. The zero-order valence-corrected chi connectivity index (χ0v) is 16.6. The van der Waals surface area contributed by atoms with Gasteiger partial charge in [0.25, 0.3) is 0 Å². The molecule has 0 atom stereocenters. The average Bonchev–Trinajstić information content (AvgIpc) is 2.83. The summed E-state index contributed by atoms with van der Waals surface area (Å²) < 4.78 is 0. The minimum atomic E-state index is 0.0344. The van der Waals surface area contributed by atoms with Crippen LogP contribution < -0.4 is 0 Å². The first kappa shape index (κ1) is 19.4. The number of carbonyl (C=O) groups is 1. The molecule has 4 aromatic carbocycles. The molecule has 0 saturated carbocycles. The van der Waals surface area contributed by atoms with Crippen molar-refractivity contribution in [2.75, 3.05) is 0 Å². The van der Waals surface area contributed by atoms with E-state index >= 15 is 0 Å². The largest absolute Gasteiger partial charge is 0.289 e. The molecule has 1 nitrogen and oxygen atoms in total. The van der Waals surface area contributed by atoms with E-state index < -0.39 is 0 Å². The van der Waals surface area contributed by atoms with Crippen LogP contribution >= 0.6 is 0 Å². The maximum atomic E-state index is 12.8. The highest BCUT2D eigenvalue weighted by Gasteiger charge is 2.08. The Hall–Kier alpha value is -3.97. The smallest absolute Gasteiger partial charge is 0.193 e. The van der Waals surface area contributed by atoms with Crippen molar-refractivity contribution in [3.05, 3.63) is 143 Å². The van der Waals surface area contributed by atoms with Crippen LogP contribution in [-0.2, 0) is 0 Å². The standard InChI is InChI=1S/C29H22O/c30-29(27-19-15-25(16-20-27)13-11-23-7-3-1-4-8-23)28-21-17-26(18-22-28)14-12-24-9-5-2-6-10-24/h1-22H. The third-order valence-corrected chi connectivity index (χ3v) is 4.88. The molecule has 0 amide bonds. The molecule has 0 bridgehead atoms. The van der Waals surface area contributed by atoms with Crippen molar-refractivity contribution in [2.24, 2.45) is 0 Å². The van der Waals surface area contributed by atoms with Gasteiger partial charge in [-0.15, -0.1) is 0 Å². The van der Waals surface area contributed by atoms with Crippen molar-refractivity contribution in [1.29, 1.82) is 0 Å². The number of ketones is 1. The van der Waals surface area contributed by atoms with Gasteiger partial charge in [0.05, 0.1) is 0 Å². The molecule has 0 N–H and O–H groups in total. The molecule has 0 aromatic heterocycles. The molecule has 1 heteroatoms. The van der Waals surface area contributed by atoms with Crippen molar-refractivity contribution in [3.8, 4) is 0 Å². The Morgan fingerprint density at radius 2 is 0.700 bits per heavy atom. The highest BCUT2D eigenvalue weighted by atomic mass is 16.1. The lowest BCUT2D eigenvalue weighted by Crippen LogP contribution is -2.00. The first-order chi connectivity index (χ1) is 14.8. The van der Waals surface area contributed by atoms with E-state index in [4.69, 9.17) is 0 Å². The molecule has 0 saturated heterocycles. The molecule has 144 valence electrons.